The Hall–Kier alpha value is -2.52. The van der Waals surface area contributed by atoms with Gasteiger partial charge in [0.2, 0.25) is 12.1 Å². The van der Waals surface area contributed by atoms with Crippen molar-refractivity contribution in [3.63, 3.8) is 0 Å². The molecule has 0 aliphatic rings. The Morgan fingerprint density at radius 2 is 1.73 bits per heavy atom. The summed E-state index contributed by atoms with van der Waals surface area (Å²) in [7, 11) is 4.18. The first-order chi connectivity index (χ1) is 14.0. The number of aromatic nitrogens is 7. The third kappa shape index (κ3) is 4.46. The second kappa shape index (κ2) is 8.31. The summed E-state index contributed by atoms with van der Waals surface area (Å²) in [4.78, 5) is 5.34. The molecule has 3 rings (SSSR count). The average Bonchev–Trinajstić information content (AvgIpc) is 3.33. The fourth-order valence-electron chi connectivity index (χ4n) is 3.20. The van der Waals surface area contributed by atoms with E-state index in [1.54, 1.807) is 23.1 Å². The molecular formula is C20H30ClN8O+. The summed E-state index contributed by atoms with van der Waals surface area (Å²) in [5.74, 6) is 1.44. The zero-order valence-electron chi connectivity index (χ0n) is 18.5. The minimum atomic E-state index is -0.538. The van der Waals surface area contributed by atoms with Crippen LogP contribution in [0.2, 0.25) is 5.02 Å². The van der Waals surface area contributed by atoms with Crippen LogP contribution in [0.25, 0.3) is 0 Å². The standard InChI is InChI=1S/C20H29ClN8O/c1-19(2,3)16(29-18(24-25-26-29)20(4,5)27(6)7)17(28-13-22-12-23-28)30-15-10-8-14(21)9-11-15/h8-13,16-17H,1-7H3/p+1/t16-,17+/m0/s1. The largest absolute Gasteiger partial charge is 0.466 e. The molecule has 0 fully saturated rings. The van der Waals surface area contributed by atoms with Crippen LogP contribution in [0.4, 0.5) is 0 Å². The van der Waals surface area contributed by atoms with Crippen LogP contribution in [-0.2, 0) is 5.54 Å². The highest BCUT2D eigenvalue weighted by Crippen LogP contribution is 2.41. The molecule has 0 saturated carbocycles. The molecule has 10 heteroatoms. The van der Waals surface area contributed by atoms with Crippen LogP contribution < -0.4 is 9.64 Å². The Bertz CT molecular complexity index is 944. The molecule has 1 N–H and O–H groups in total. The van der Waals surface area contributed by atoms with Gasteiger partial charge in [-0.1, -0.05) is 32.4 Å². The minimum absolute atomic E-state index is 0.273. The Morgan fingerprint density at radius 3 is 2.27 bits per heavy atom. The van der Waals surface area contributed by atoms with Crippen LogP contribution >= 0.6 is 11.6 Å². The number of quaternary nitrogens is 1. The molecule has 0 aliphatic heterocycles. The molecule has 30 heavy (non-hydrogen) atoms. The lowest BCUT2D eigenvalue weighted by molar-refractivity contribution is -0.920. The number of benzene rings is 1. The predicted octanol–water partition coefficient (Wildman–Crippen LogP) is 2.16. The molecule has 0 saturated heterocycles. The van der Waals surface area contributed by atoms with Crippen LogP contribution in [0, 0.1) is 5.41 Å². The van der Waals surface area contributed by atoms with Crippen molar-refractivity contribution >= 4 is 11.6 Å². The molecule has 0 bridgehead atoms. The number of rotatable bonds is 7. The van der Waals surface area contributed by atoms with Crippen LogP contribution in [0.15, 0.2) is 36.9 Å². The first kappa shape index (κ1) is 22.2. The molecular weight excluding hydrogens is 404 g/mol. The first-order valence-electron chi connectivity index (χ1n) is 9.87. The van der Waals surface area contributed by atoms with Gasteiger partial charge in [-0.3, -0.25) is 0 Å². The minimum Gasteiger partial charge on any atom is -0.466 e. The highest BCUT2D eigenvalue weighted by molar-refractivity contribution is 6.30. The van der Waals surface area contributed by atoms with Gasteiger partial charge in [-0.2, -0.15) is 5.10 Å². The molecule has 2 atom stereocenters. The molecule has 0 radical (unpaired) electrons. The summed E-state index contributed by atoms with van der Waals surface area (Å²) in [6.45, 7) is 10.6. The van der Waals surface area contributed by atoms with E-state index in [4.69, 9.17) is 16.3 Å². The number of ether oxygens (including phenoxy) is 1. The van der Waals surface area contributed by atoms with Crippen LogP contribution in [0.1, 0.15) is 52.7 Å². The van der Waals surface area contributed by atoms with E-state index in [1.807, 2.05) is 16.8 Å². The van der Waals surface area contributed by atoms with Gasteiger partial charge in [0.05, 0.1) is 14.1 Å². The first-order valence-corrected chi connectivity index (χ1v) is 10.2. The number of nitrogens with one attached hydrogen (secondary N) is 1. The predicted molar refractivity (Wildman–Crippen MR) is 113 cm³/mol. The van der Waals surface area contributed by atoms with E-state index in [-0.39, 0.29) is 17.0 Å². The molecule has 0 unspecified atom stereocenters. The smallest absolute Gasteiger partial charge is 0.215 e. The van der Waals surface area contributed by atoms with Crippen LogP contribution in [-0.4, -0.2) is 49.1 Å². The maximum atomic E-state index is 6.43. The lowest BCUT2D eigenvalue weighted by atomic mass is 9.85. The number of nitrogens with zero attached hydrogens (tertiary/aromatic N) is 7. The van der Waals surface area contributed by atoms with Gasteiger partial charge in [0.25, 0.3) is 0 Å². The number of hydrogen-bond acceptors (Lipinski definition) is 6. The van der Waals surface area contributed by atoms with E-state index in [0.717, 1.165) is 5.82 Å². The van der Waals surface area contributed by atoms with Crippen molar-refractivity contribution in [2.75, 3.05) is 14.1 Å². The zero-order valence-corrected chi connectivity index (χ0v) is 19.3. The zero-order chi connectivity index (χ0) is 22.1. The van der Waals surface area contributed by atoms with Crippen molar-refractivity contribution in [1.82, 2.24) is 35.0 Å². The molecule has 0 spiro atoms. The number of tetrazole rings is 1. The van der Waals surface area contributed by atoms with E-state index in [0.29, 0.717) is 10.8 Å². The fourth-order valence-corrected chi connectivity index (χ4v) is 3.32. The van der Waals surface area contributed by atoms with Crippen LogP contribution in [0.5, 0.6) is 5.75 Å². The monoisotopic (exact) mass is 433 g/mol. The SMILES string of the molecule is C[NH+](C)C(C)(C)c1nnnn1[C@@H]([C@@H](Oc1ccc(Cl)cc1)n1cncn1)C(C)(C)C. The van der Waals surface area contributed by atoms with Crippen molar-refractivity contribution < 1.29 is 9.64 Å². The van der Waals surface area contributed by atoms with Crippen molar-refractivity contribution in [3.8, 4) is 5.75 Å². The molecule has 0 aliphatic carbocycles. The third-order valence-electron chi connectivity index (χ3n) is 5.49. The van der Waals surface area contributed by atoms with Crippen LogP contribution in [0.3, 0.4) is 0 Å². The maximum Gasteiger partial charge on any atom is 0.215 e. The van der Waals surface area contributed by atoms with Gasteiger partial charge in [-0.05, 0) is 54.0 Å². The van der Waals surface area contributed by atoms with Gasteiger partial charge >= 0.3 is 0 Å². The second-order valence-electron chi connectivity index (χ2n) is 9.22. The van der Waals surface area contributed by atoms with Gasteiger partial charge in [0, 0.05) is 5.02 Å². The quantitative estimate of drug-likeness (QED) is 0.614. The molecule has 162 valence electrons. The van der Waals surface area contributed by atoms with E-state index in [9.17, 15) is 0 Å². The normalized spacial score (nSPS) is 14.7. The summed E-state index contributed by atoms with van der Waals surface area (Å²) in [5.41, 5.74) is -0.592. The summed E-state index contributed by atoms with van der Waals surface area (Å²) in [5, 5.41) is 17.8. The van der Waals surface area contributed by atoms with Gasteiger partial charge in [-0.25, -0.2) is 14.3 Å². The highest BCUT2D eigenvalue weighted by atomic mass is 35.5. The Balaban J connectivity index is 2.13. The fraction of sp³-hybridized carbons (Fsp3) is 0.550. The van der Waals surface area contributed by atoms with E-state index >= 15 is 0 Å². The molecule has 2 aromatic heterocycles. The van der Waals surface area contributed by atoms with Gasteiger partial charge < -0.3 is 9.64 Å². The summed E-state index contributed by atoms with van der Waals surface area (Å²) < 4.78 is 10.0. The van der Waals surface area contributed by atoms with Gasteiger partial charge in [0.15, 0.2) is 5.54 Å². The highest BCUT2D eigenvalue weighted by Gasteiger charge is 2.44. The Morgan fingerprint density at radius 1 is 1.07 bits per heavy atom. The molecule has 0 amide bonds. The lowest BCUT2D eigenvalue weighted by Gasteiger charge is -2.38. The van der Waals surface area contributed by atoms with E-state index < -0.39 is 6.23 Å². The molecule has 9 nitrogen and oxygen atoms in total. The second-order valence-corrected chi connectivity index (χ2v) is 9.66. The summed E-state index contributed by atoms with van der Waals surface area (Å²) >= 11 is 6.05. The lowest BCUT2D eigenvalue weighted by Crippen LogP contribution is -3.12. The Kier molecular flexibility index (Phi) is 6.14. The summed E-state index contributed by atoms with van der Waals surface area (Å²) in [6, 6.07) is 6.98. The summed E-state index contributed by atoms with van der Waals surface area (Å²) in [6.07, 6.45) is 2.60. The van der Waals surface area contributed by atoms with E-state index in [1.165, 1.54) is 11.2 Å². The average molecular weight is 434 g/mol. The maximum absolute atomic E-state index is 6.43. The van der Waals surface area contributed by atoms with E-state index in [2.05, 4.69) is 74.3 Å². The van der Waals surface area contributed by atoms with Crippen molar-refractivity contribution in [3.05, 3.63) is 47.8 Å². The van der Waals surface area contributed by atoms with Crippen molar-refractivity contribution in [2.45, 2.75) is 52.4 Å². The van der Waals surface area contributed by atoms with Crippen molar-refractivity contribution in [2.24, 2.45) is 5.41 Å². The Labute approximate surface area is 182 Å². The number of hydrogen-bond donors (Lipinski definition) is 1. The topological polar surface area (TPSA) is 88.0 Å². The van der Waals surface area contributed by atoms with Crippen molar-refractivity contribution in [1.29, 1.82) is 0 Å². The third-order valence-corrected chi connectivity index (χ3v) is 5.74. The van der Waals surface area contributed by atoms with Gasteiger partial charge in [-0.15, -0.1) is 5.10 Å². The molecule has 3 aromatic rings. The van der Waals surface area contributed by atoms with Gasteiger partial charge in [0.1, 0.15) is 24.4 Å². The molecule has 2 heterocycles. The molecule has 1 aromatic carbocycles. The number of halogens is 1.